The van der Waals surface area contributed by atoms with Crippen molar-refractivity contribution in [3.63, 3.8) is 0 Å². The first-order chi connectivity index (χ1) is 14.0. The first-order valence-electron chi connectivity index (χ1n) is 9.61. The number of allylic oxidation sites excluding steroid dienone is 1. The molecule has 1 aliphatic carbocycles. The van der Waals surface area contributed by atoms with E-state index >= 15 is 0 Å². The molecular weight excluding hydrogens is 374 g/mol. The maximum atomic E-state index is 13.3. The molecule has 29 heavy (non-hydrogen) atoms. The fraction of sp³-hybridized carbons (Fsp3) is 0.455. The standard InChI is InChI=1S/C22H27NO6/c1-13-19(22(25)29-5)16(21(24)23(13)15-8-6-7-9-15)10-14-11-17(26-2)20(28-4)18(12-14)27-3/h10-12,15H,6-9H2,1-5H3. The van der Waals surface area contributed by atoms with Crippen LogP contribution in [-0.4, -0.2) is 51.3 Å². The molecule has 1 aliphatic heterocycles. The number of hydrogen-bond donors (Lipinski definition) is 0. The first-order valence-corrected chi connectivity index (χ1v) is 9.61. The lowest BCUT2D eigenvalue weighted by Crippen LogP contribution is -2.34. The number of methoxy groups -OCH3 is 4. The van der Waals surface area contributed by atoms with E-state index in [9.17, 15) is 9.59 Å². The molecule has 0 saturated heterocycles. The van der Waals surface area contributed by atoms with Crippen molar-refractivity contribution in [2.24, 2.45) is 0 Å². The van der Waals surface area contributed by atoms with E-state index in [1.54, 1.807) is 30.0 Å². The van der Waals surface area contributed by atoms with Gasteiger partial charge in [0.15, 0.2) is 11.5 Å². The zero-order valence-electron chi connectivity index (χ0n) is 17.5. The van der Waals surface area contributed by atoms with Crippen molar-refractivity contribution in [1.82, 2.24) is 4.90 Å². The van der Waals surface area contributed by atoms with Crippen LogP contribution in [0.5, 0.6) is 17.2 Å². The van der Waals surface area contributed by atoms with Gasteiger partial charge in [0.2, 0.25) is 5.75 Å². The highest BCUT2D eigenvalue weighted by molar-refractivity contribution is 6.16. The van der Waals surface area contributed by atoms with Crippen LogP contribution in [0.1, 0.15) is 38.2 Å². The van der Waals surface area contributed by atoms with Crippen molar-refractivity contribution >= 4 is 18.0 Å². The maximum absolute atomic E-state index is 13.3. The van der Waals surface area contributed by atoms with Gasteiger partial charge in [0.05, 0.1) is 39.6 Å². The van der Waals surface area contributed by atoms with Crippen molar-refractivity contribution in [3.05, 3.63) is 34.5 Å². The highest BCUT2D eigenvalue weighted by atomic mass is 16.5. The van der Waals surface area contributed by atoms with Gasteiger partial charge in [-0.2, -0.15) is 0 Å². The molecule has 0 N–H and O–H groups in total. The molecule has 2 aliphatic rings. The van der Waals surface area contributed by atoms with Gasteiger partial charge in [-0.05, 0) is 43.5 Å². The number of amides is 1. The molecule has 1 saturated carbocycles. The Bertz CT molecular complexity index is 854. The Hall–Kier alpha value is -2.96. The van der Waals surface area contributed by atoms with Crippen LogP contribution in [0.4, 0.5) is 0 Å². The minimum absolute atomic E-state index is 0.119. The third-order valence-corrected chi connectivity index (χ3v) is 5.52. The molecule has 0 bridgehead atoms. The van der Waals surface area contributed by atoms with Gasteiger partial charge in [-0.1, -0.05) is 12.8 Å². The fourth-order valence-corrected chi connectivity index (χ4v) is 4.15. The molecule has 3 rings (SSSR count). The Balaban J connectivity index is 2.11. The Kier molecular flexibility index (Phi) is 6.15. The average Bonchev–Trinajstić information content (AvgIpc) is 3.33. The minimum Gasteiger partial charge on any atom is -0.493 e. The topological polar surface area (TPSA) is 74.3 Å². The Labute approximate surface area is 170 Å². The summed E-state index contributed by atoms with van der Waals surface area (Å²) < 4.78 is 21.1. The number of rotatable bonds is 6. The summed E-state index contributed by atoms with van der Waals surface area (Å²) in [6, 6.07) is 3.60. The van der Waals surface area contributed by atoms with Gasteiger partial charge in [0, 0.05) is 11.7 Å². The van der Waals surface area contributed by atoms with E-state index in [1.807, 2.05) is 0 Å². The largest absolute Gasteiger partial charge is 0.493 e. The molecule has 0 radical (unpaired) electrons. The van der Waals surface area contributed by atoms with Crippen LogP contribution in [0.25, 0.3) is 6.08 Å². The lowest BCUT2D eigenvalue weighted by Gasteiger charge is -2.25. The number of benzene rings is 1. The summed E-state index contributed by atoms with van der Waals surface area (Å²) in [6.07, 6.45) is 5.73. The van der Waals surface area contributed by atoms with Crippen LogP contribution in [0.3, 0.4) is 0 Å². The van der Waals surface area contributed by atoms with Gasteiger partial charge >= 0.3 is 5.97 Å². The first kappa shape index (κ1) is 20.8. The molecule has 7 nitrogen and oxygen atoms in total. The monoisotopic (exact) mass is 401 g/mol. The smallest absolute Gasteiger partial charge is 0.340 e. The second kappa shape index (κ2) is 8.59. The number of hydrogen-bond acceptors (Lipinski definition) is 6. The van der Waals surface area contributed by atoms with Gasteiger partial charge in [-0.25, -0.2) is 4.79 Å². The van der Waals surface area contributed by atoms with E-state index in [0.717, 1.165) is 25.7 Å². The van der Waals surface area contributed by atoms with E-state index in [4.69, 9.17) is 18.9 Å². The molecule has 156 valence electrons. The van der Waals surface area contributed by atoms with Crippen LogP contribution >= 0.6 is 0 Å². The number of carbonyl (C=O) groups excluding carboxylic acids is 2. The van der Waals surface area contributed by atoms with Crippen molar-refractivity contribution in [2.75, 3.05) is 28.4 Å². The molecule has 1 amide bonds. The number of ether oxygens (including phenoxy) is 4. The predicted octanol–water partition coefficient (Wildman–Crippen LogP) is 3.33. The van der Waals surface area contributed by atoms with Crippen LogP contribution in [-0.2, 0) is 14.3 Å². The second-order valence-electron chi connectivity index (χ2n) is 7.08. The summed E-state index contributed by atoms with van der Waals surface area (Å²) in [5.74, 6) is 0.704. The molecule has 1 heterocycles. The quantitative estimate of drug-likeness (QED) is 0.538. The zero-order valence-corrected chi connectivity index (χ0v) is 17.5. The molecule has 0 aromatic heterocycles. The van der Waals surface area contributed by atoms with Crippen LogP contribution in [0.15, 0.2) is 29.0 Å². The summed E-state index contributed by atoms with van der Waals surface area (Å²) >= 11 is 0. The molecule has 1 fully saturated rings. The fourth-order valence-electron chi connectivity index (χ4n) is 4.15. The van der Waals surface area contributed by atoms with E-state index < -0.39 is 5.97 Å². The normalized spacial score (nSPS) is 18.6. The minimum atomic E-state index is -0.518. The molecule has 0 unspecified atom stereocenters. The second-order valence-corrected chi connectivity index (χ2v) is 7.08. The predicted molar refractivity (Wildman–Crippen MR) is 108 cm³/mol. The summed E-state index contributed by atoms with van der Waals surface area (Å²) in [5.41, 5.74) is 1.92. The van der Waals surface area contributed by atoms with Crippen molar-refractivity contribution in [1.29, 1.82) is 0 Å². The highest BCUT2D eigenvalue weighted by Crippen LogP contribution is 2.41. The molecular formula is C22H27NO6. The summed E-state index contributed by atoms with van der Waals surface area (Å²) in [5, 5.41) is 0. The van der Waals surface area contributed by atoms with Gasteiger partial charge in [-0.3, -0.25) is 4.79 Å². The average molecular weight is 401 g/mol. The van der Waals surface area contributed by atoms with Gasteiger partial charge in [-0.15, -0.1) is 0 Å². The van der Waals surface area contributed by atoms with Gasteiger partial charge in [0.25, 0.3) is 5.91 Å². The molecule has 1 aromatic carbocycles. The Morgan fingerprint density at radius 3 is 2.10 bits per heavy atom. The van der Waals surface area contributed by atoms with Crippen LogP contribution < -0.4 is 14.2 Å². The van der Waals surface area contributed by atoms with E-state index in [1.165, 1.54) is 28.4 Å². The molecule has 0 spiro atoms. The number of carbonyl (C=O) groups is 2. The summed E-state index contributed by atoms with van der Waals surface area (Å²) in [4.78, 5) is 27.6. The van der Waals surface area contributed by atoms with Crippen LogP contribution in [0.2, 0.25) is 0 Å². The lowest BCUT2D eigenvalue weighted by atomic mass is 10.0. The van der Waals surface area contributed by atoms with Gasteiger partial charge in [0.1, 0.15) is 0 Å². The number of esters is 1. The third-order valence-electron chi connectivity index (χ3n) is 5.52. The van der Waals surface area contributed by atoms with E-state index in [0.29, 0.717) is 39.7 Å². The van der Waals surface area contributed by atoms with Crippen LogP contribution in [0, 0.1) is 0 Å². The van der Waals surface area contributed by atoms with Crippen molar-refractivity contribution in [3.8, 4) is 17.2 Å². The maximum Gasteiger partial charge on any atom is 0.340 e. The number of nitrogens with zero attached hydrogens (tertiary/aromatic N) is 1. The van der Waals surface area contributed by atoms with E-state index in [-0.39, 0.29) is 11.9 Å². The van der Waals surface area contributed by atoms with Gasteiger partial charge < -0.3 is 23.8 Å². The van der Waals surface area contributed by atoms with Crippen molar-refractivity contribution in [2.45, 2.75) is 38.6 Å². The highest BCUT2D eigenvalue weighted by Gasteiger charge is 2.41. The molecule has 7 heteroatoms. The third kappa shape index (κ3) is 3.69. The summed E-state index contributed by atoms with van der Waals surface area (Å²) in [6.45, 7) is 1.80. The molecule has 1 aromatic rings. The Morgan fingerprint density at radius 2 is 1.62 bits per heavy atom. The summed E-state index contributed by atoms with van der Waals surface area (Å²) in [7, 11) is 5.91. The van der Waals surface area contributed by atoms with E-state index in [2.05, 4.69) is 0 Å². The van der Waals surface area contributed by atoms with Crippen molar-refractivity contribution < 1.29 is 28.5 Å². The zero-order chi connectivity index (χ0) is 21.1. The lowest BCUT2D eigenvalue weighted by molar-refractivity contribution is -0.136. The molecule has 0 atom stereocenters. The SMILES string of the molecule is COC(=O)C1=C(C)N(C2CCCC2)C(=O)C1=Cc1cc(OC)c(OC)c(OC)c1. The Morgan fingerprint density at radius 1 is 1.03 bits per heavy atom.